The van der Waals surface area contributed by atoms with Crippen molar-refractivity contribution in [2.24, 2.45) is 0 Å². The molecule has 0 saturated carbocycles. The number of aryl methyl sites for hydroxylation is 1. The molecule has 0 aromatic carbocycles. The zero-order valence-corrected chi connectivity index (χ0v) is 8.55. The SMILES string of the molecule is COCc1nc(C)nc(N)c1Br. The monoisotopic (exact) mass is 231 g/mol. The van der Waals surface area contributed by atoms with Crippen molar-refractivity contribution in [2.45, 2.75) is 13.5 Å². The third-order valence-electron chi connectivity index (χ3n) is 1.34. The molecule has 1 rings (SSSR count). The second kappa shape index (κ2) is 3.82. The van der Waals surface area contributed by atoms with Gasteiger partial charge in [0.15, 0.2) is 0 Å². The Hall–Kier alpha value is -0.680. The molecule has 0 bridgehead atoms. The number of aromatic nitrogens is 2. The van der Waals surface area contributed by atoms with Crippen molar-refractivity contribution in [2.75, 3.05) is 12.8 Å². The number of hydrogen-bond acceptors (Lipinski definition) is 4. The molecular formula is C7H10BrN3O. The van der Waals surface area contributed by atoms with Crippen LogP contribution in [0, 0.1) is 6.92 Å². The molecule has 0 aliphatic heterocycles. The highest BCUT2D eigenvalue weighted by Gasteiger charge is 2.06. The second-order valence-corrected chi connectivity index (χ2v) is 3.14. The van der Waals surface area contributed by atoms with Crippen LogP contribution in [0.3, 0.4) is 0 Å². The first-order valence-corrected chi connectivity index (χ1v) is 4.22. The van der Waals surface area contributed by atoms with Gasteiger partial charge in [0, 0.05) is 7.11 Å². The first-order chi connectivity index (χ1) is 5.65. The second-order valence-electron chi connectivity index (χ2n) is 2.35. The van der Waals surface area contributed by atoms with Gasteiger partial charge in [0.05, 0.1) is 16.8 Å². The fourth-order valence-electron chi connectivity index (χ4n) is 0.873. The highest BCUT2D eigenvalue weighted by atomic mass is 79.9. The Morgan fingerprint density at radius 1 is 1.50 bits per heavy atom. The topological polar surface area (TPSA) is 61.0 Å². The lowest BCUT2D eigenvalue weighted by atomic mass is 10.4. The smallest absolute Gasteiger partial charge is 0.141 e. The van der Waals surface area contributed by atoms with Crippen molar-refractivity contribution in [3.8, 4) is 0 Å². The molecule has 0 radical (unpaired) electrons. The van der Waals surface area contributed by atoms with Gasteiger partial charge in [0.25, 0.3) is 0 Å². The van der Waals surface area contributed by atoms with Gasteiger partial charge in [-0.3, -0.25) is 0 Å². The van der Waals surface area contributed by atoms with E-state index in [1.807, 2.05) is 0 Å². The van der Waals surface area contributed by atoms with Crippen LogP contribution in [0.2, 0.25) is 0 Å². The zero-order valence-electron chi connectivity index (χ0n) is 6.97. The maximum atomic E-state index is 5.60. The summed E-state index contributed by atoms with van der Waals surface area (Å²) in [6, 6.07) is 0. The average molecular weight is 232 g/mol. The molecule has 0 aliphatic rings. The van der Waals surface area contributed by atoms with E-state index in [1.54, 1.807) is 14.0 Å². The summed E-state index contributed by atoms with van der Waals surface area (Å²) < 4.78 is 5.66. The highest BCUT2D eigenvalue weighted by molar-refractivity contribution is 9.10. The van der Waals surface area contributed by atoms with Gasteiger partial charge in [0.2, 0.25) is 0 Å². The number of nitrogens with two attached hydrogens (primary N) is 1. The summed E-state index contributed by atoms with van der Waals surface area (Å²) in [5.41, 5.74) is 6.38. The van der Waals surface area contributed by atoms with Gasteiger partial charge < -0.3 is 10.5 Å². The van der Waals surface area contributed by atoms with Crippen molar-refractivity contribution < 1.29 is 4.74 Å². The molecule has 0 atom stereocenters. The standard InChI is InChI=1S/C7H10BrN3O/c1-4-10-5(3-12-2)6(8)7(9)11-4/h3H2,1-2H3,(H2,9,10,11). The Kier molecular flexibility index (Phi) is 2.99. The number of ether oxygens (including phenoxy) is 1. The Bertz CT molecular complexity index is 290. The van der Waals surface area contributed by atoms with E-state index in [4.69, 9.17) is 10.5 Å². The number of methoxy groups -OCH3 is 1. The molecule has 0 amide bonds. The molecule has 0 saturated heterocycles. The quantitative estimate of drug-likeness (QED) is 0.834. The van der Waals surface area contributed by atoms with Crippen LogP contribution in [0.5, 0.6) is 0 Å². The minimum absolute atomic E-state index is 0.439. The van der Waals surface area contributed by atoms with Crippen LogP contribution in [0.15, 0.2) is 4.47 Å². The Morgan fingerprint density at radius 3 is 2.75 bits per heavy atom. The van der Waals surface area contributed by atoms with Gasteiger partial charge >= 0.3 is 0 Å². The summed E-state index contributed by atoms with van der Waals surface area (Å²) in [4.78, 5) is 8.14. The predicted octanol–water partition coefficient (Wildman–Crippen LogP) is 1.28. The van der Waals surface area contributed by atoms with Crippen molar-refractivity contribution in [1.29, 1.82) is 0 Å². The van der Waals surface area contributed by atoms with Gasteiger partial charge in [-0.2, -0.15) is 0 Å². The molecule has 0 unspecified atom stereocenters. The Labute approximate surface area is 79.3 Å². The lowest BCUT2D eigenvalue weighted by molar-refractivity contribution is 0.180. The van der Waals surface area contributed by atoms with Crippen LogP contribution in [0.1, 0.15) is 11.5 Å². The fourth-order valence-corrected chi connectivity index (χ4v) is 1.16. The summed E-state index contributed by atoms with van der Waals surface area (Å²) in [6.45, 7) is 2.23. The number of hydrogen-bond donors (Lipinski definition) is 1. The normalized spacial score (nSPS) is 10.2. The van der Waals surface area contributed by atoms with Crippen LogP contribution in [0.4, 0.5) is 5.82 Å². The third-order valence-corrected chi connectivity index (χ3v) is 2.20. The summed E-state index contributed by atoms with van der Waals surface area (Å²) in [5.74, 6) is 1.11. The maximum Gasteiger partial charge on any atom is 0.141 e. The van der Waals surface area contributed by atoms with E-state index in [2.05, 4.69) is 25.9 Å². The molecule has 4 nitrogen and oxygen atoms in total. The van der Waals surface area contributed by atoms with E-state index in [0.717, 1.165) is 10.2 Å². The van der Waals surface area contributed by atoms with Gasteiger partial charge in [0.1, 0.15) is 11.6 Å². The number of anilines is 1. The maximum absolute atomic E-state index is 5.60. The van der Waals surface area contributed by atoms with Crippen LogP contribution in [0.25, 0.3) is 0 Å². The summed E-state index contributed by atoms with van der Waals surface area (Å²) >= 11 is 3.29. The molecule has 66 valence electrons. The first kappa shape index (κ1) is 9.41. The van der Waals surface area contributed by atoms with Crippen molar-refractivity contribution in [3.05, 3.63) is 16.0 Å². The molecular weight excluding hydrogens is 222 g/mol. The van der Waals surface area contributed by atoms with E-state index < -0.39 is 0 Å². The average Bonchev–Trinajstić information content (AvgIpc) is 2.00. The minimum atomic E-state index is 0.439. The molecule has 0 spiro atoms. The van der Waals surface area contributed by atoms with Crippen LogP contribution in [-0.2, 0) is 11.3 Å². The van der Waals surface area contributed by atoms with Crippen molar-refractivity contribution in [1.82, 2.24) is 9.97 Å². The van der Waals surface area contributed by atoms with E-state index in [0.29, 0.717) is 18.2 Å². The largest absolute Gasteiger partial charge is 0.383 e. The minimum Gasteiger partial charge on any atom is -0.383 e. The summed E-state index contributed by atoms with van der Waals surface area (Å²) in [6.07, 6.45) is 0. The van der Waals surface area contributed by atoms with Crippen LogP contribution in [-0.4, -0.2) is 17.1 Å². The Morgan fingerprint density at radius 2 is 2.17 bits per heavy atom. The van der Waals surface area contributed by atoms with Gasteiger partial charge in [-0.1, -0.05) is 0 Å². The molecule has 1 heterocycles. The van der Waals surface area contributed by atoms with Crippen molar-refractivity contribution in [3.63, 3.8) is 0 Å². The number of halogens is 1. The molecule has 5 heteroatoms. The summed E-state index contributed by atoms with van der Waals surface area (Å²) in [5, 5.41) is 0. The van der Waals surface area contributed by atoms with E-state index in [-0.39, 0.29) is 0 Å². The fraction of sp³-hybridized carbons (Fsp3) is 0.429. The lowest BCUT2D eigenvalue weighted by Gasteiger charge is -2.05. The zero-order chi connectivity index (χ0) is 9.14. The highest BCUT2D eigenvalue weighted by Crippen LogP contribution is 2.20. The molecule has 12 heavy (non-hydrogen) atoms. The Balaban J connectivity index is 3.09. The van der Waals surface area contributed by atoms with E-state index in [9.17, 15) is 0 Å². The van der Waals surface area contributed by atoms with Crippen LogP contribution < -0.4 is 5.73 Å². The third kappa shape index (κ3) is 1.92. The van der Waals surface area contributed by atoms with Crippen molar-refractivity contribution >= 4 is 21.7 Å². The van der Waals surface area contributed by atoms with Gasteiger partial charge in [-0.05, 0) is 22.9 Å². The summed E-state index contributed by atoms with van der Waals surface area (Å²) in [7, 11) is 1.61. The van der Waals surface area contributed by atoms with Gasteiger partial charge in [-0.15, -0.1) is 0 Å². The number of nitrogens with zero attached hydrogens (tertiary/aromatic N) is 2. The number of nitrogen functional groups attached to an aromatic ring is 1. The molecule has 0 fully saturated rings. The van der Waals surface area contributed by atoms with Crippen LogP contribution >= 0.6 is 15.9 Å². The molecule has 0 aliphatic carbocycles. The predicted molar refractivity (Wildman–Crippen MR) is 49.6 cm³/mol. The molecule has 1 aromatic heterocycles. The lowest BCUT2D eigenvalue weighted by Crippen LogP contribution is -2.03. The molecule has 2 N–H and O–H groups in total. The van der Waals surface area contributed by atoms with Gasteiger partial charge in [-0.25, -0.2) is 9.97 Å². The number of rotatable bonds is 2. The first-order valence-electron chi connectivity index (χ1n) is 3.42. The van der Waals surface area contributed by atoms with E-state index >= 15 is 0 Å². The van der Waals surface area contributed by atoms with E-state index in [1.165, 1.54) is 0 Å². The molecule has 1 aromatic rings.